The molecule has 1 amide bonds. The summed E-state index contributed by atoms with van der Waals surface area (Å²) in [7, 11) is 0. The van der Waals surface area contributed by atoms with E-state index in [2.05, 4.69) is 22.9 Å². The van der Waals surface area contributed by atoms with Gasteiger partial charge in [0.1, 0.15) is 5.76 Å². The summed E-state index contributed by atoms with van der Waals surface area (Å²) in [5.41, 5.74) is 0. The summed E-state index contributed by atoms with van der Waals surface area (Å²) < 4.78 is 5.46. The Hall–Kier alpha value is -0.770. The van der Waals surface area contributed by atoms with Crippen LogP contribution < -0.4 is 0 Å². The molecule has 1 aromatic rings. The lowest BCUT2D eigenvalue weighted by molar-refractivity contribution is 0.0733. The van der Waals surface area contributed by atoms with E-state index >= 15 is 0 Å². The van der Waals surface area contributed by atoms with Crippen molar-refractivity contribution in [1.82, 2.24) is 4.90 Å². The monoisotopic (exact) mass is 287 g/mol. The van der Waals surface area contributed by atoms with Crippen LogP contribution in [0.1, 0.15) is 36.6 Å². The zero-order valence-corrected chi connectivity index (χ0v) is 11.4. The number of alkyl halides is 1. The van der Waals surface area contributed by atoms with E-state index in [9.17, 15) is 4.79 Å². The number of carbonyl (C=O) groups is 1. The molecule has 1 rings (SSSR count). The molecule has 16 heavy (non-hydrogen) atoms. The molecule has 0 N–H and O–H groups in total. The van der Waals surface area contributed by atoms with Crippen molar-refractivity contribution < 1.29 is 9.21 Å². The maximum atomic E-state index is 12.1. The van der Waals surface area contributed by atoms with E-state index in [1.165, 1.54) is 0 Å². The molecule has 3 nitrogen and oxygen atoms in total. The Morgan fingerprint density at radius 1 is 1.38 bits per heavy atom. The van der Waals surface area contributed by atoms with Crippen molar-refractivity contribution in [3.63, 3.8) is 0 Å². The van der Waals surface area contributed by atoms with Gasteiger partial charge in [-0.2, -0.15) is 0 Å². The first kappa shape index (κ1) is 13.3. The van der Waals surface area contributed by atoms with Gasteiger partial charge in [0.25, 0.3) is 5.91 Å². The van der Waals surface area contributed by atoms with Crippen molar-refractivity contribution in [2.75, 3.05) is 18.4 Å². The molecule has 0 aliphatic carbocycles. The number of halogens is 1. The zero-order chi connectivity index (χ0) is 12.0. The van der Waals surface area contributed by atoms with E-state index < -0.39 is 0 Å². The smallest absolute Gasteiger partial charge is 0.289 e. The van der Waals surface area contributed by atoms with Gasteiger partial charge in [0.15, 0.2) is 5.76 Å². The molecule has 0 aliphatic heterocycles. The molecule has 0 saturated heterocycles. The highest BCUT2D eigenvalue weighted by Gasteiger charge is 2.17. The lowest BCUT2D eigenvalue weighted by atomic mass is 10.3. The summed E-state index contributed by atoms with van der Waals surface area (Å²) >= 11 is 3.36. The van der Waals surface area contributed by atoms with Gasteiger partial charge in [-0.25, -0.2) is 0 Å². The number of aryl methyl sites for hydroxylation is 1. The van der Waals surface area contributed by atoms with Crippen LogP contribution in [0.25, 0.3) is 0 Å². The van der Waals surface area contributed by atoms with Crippen molar-refractivity contribution in [2.45, 2.75) is 26.7 Å². The fraction of sp³-hybridized carbons (Fsp3) is 0.583. The van der Waals surface area contributed by atoms with Crippen LogP contribution in [0.4, 0.5) is 0 Å². The Bertz CT molecular complexity index is 330. The van der Waals surface area contributed by atoms with Crippen LogP contribution in [0.5, 0.6) is 0 Å². The van der Waals surface area contributed by atoms with Crippen LogP contribution in [-0.4, -0.2) is 29.2 Å². The molecule has 4 heteroatoms. The summed E-state index contributed by atoms with van der Waals surface area (Å²) in [6.45, 7) is 5.56. The molecule has 0 spiro atoms. The van der Waals surface area contributed by atoms with Crippen LogP contribution in [0, 0.1) is 0 Å². The summed E-state index contributed by atoms with van der Waals surface area (Å²) in [6.07, 6.45) is 1.78. The van der Waals surface area contributed by atoms with Gasteiger partial charge >= 0.3 is 0 Å². The molecule has 1 aromatic heterocycles. The minimum atomic E-state index is -0.0130. The molecule has 0 radical (unpaired) electrons. The largest absolute Gasteiger partial charge is 0.456 e. The quantitative estimate of drug-likeness (QED) is 0.754. The number of carbonyl (C=O) groups excluding carboxylic acids is 1. The molecule has 0 atom stereocenters. The number of amides is 1. The number of rotatable bonds is 6. The molecular weight excluding hydrogens is 270 g/mol. The first-order chi connectivity index (χ1) is 7.72. The van der Waals surface area contributed by atoms with Gasteiger partial charge in [-0.05, 0) is 18.6 Å². The van der Waals surface area contributed by atoms with Crippen molar-refractivity contribution in [3.05, 3.63) is 23.7 Å². The van der Waals surface area contributed by atoms with Gasteiger partial charge in [0.2, 0.25) is 0 Å². The number of nitrogens with zero attached hydrogens (tertiary/aromatic N) is 1. The van der Waals surface area contributed by atoms with E-state index in [4.69, 9.17) is 4.42 Å². The number of hydrogen-bond acceptors (Lipinski definition) is 2. The Labute approximate surface area is 105 Å². The van der Waals surface area contributed by atoms with Crippen molar-refractivity contribution >= 4 is 21.8 Å². The lowest BCUT2D eigenvalue weighted by Crippen LogP contribution is -2.33. The second kappa shape index (κ2) is 6.74. The second-order valence-corrected chi connectivity index (χ2v) is 4.39. The Morgan fingerprint density at radius 2 is 2.12 bits per heavy atom. The first-order valence-corrected chi connectivity index (χ1v) is 6.79. The normalized spacial score (nSPS) is 10.4. The SMILES string of the molecule is CCCN(CCBr)C(=O)c1ccc(CC)o1. The molecule has 90 valence electrons. The Kier molecular flexibility index (Phi) is 5.60. The fourth-order valence-corrected chi connectivity index (χ4v) is 1.95. The number of hydrogen-bond donors (Lipinski definition) is 0. The highest BCUT2D eigenvalue weighted by molar-refractivity contribution is 9.09. The summed E-state index contributed by atoms with van der Waals surface area (Å²) in [6, 6.07) is 3.63. The summed E-state index contributed by atoms with van der Waals surface area (Å²) in [5, 5.41) is 0.792. The minimum absolute atomic E-state index is 0.0130. The minimum Gasteiger partial charge on any atom is -0.456 e. The van der Waals surface area contributed by atoms with E-state index in [-0.39, 0.29) is 5.91 Å². The lowest BCUT2D eigenvalue weighted by Gasteiger charge is -2.19. The molecule has 1 heterocycles. The van der Waals surface area contributed by atoms with Gasteiger partial charge in [0, 0.05) is 24.8 Å². The average molecular weight is 288 g/mol. The van der Waals surface area contributed by atoms with Gasteiger partial charge < -0.3 is 9.32 Å². The summed E-state index contributed by atoms with van der Waals surface area (Å²) in [5.74, 6) is 1.30. The van der Waals surface area contributed by atoms with Crippen LogP contribution in [0.15, 0.2) is 16.5 Å². The molecule has 0 fully saturated rings. The van der Waals surface area contributed by atoms with Gasteiger partial charge in [0.05, 0.1) is 0 Å². The topological polar surface area (TPSA) is 33.5 Å². The third-order valence-corrected chi connectivity index (χ3v) is 2.71. The Morgan fingerprint density at radius 3 is 2.62 bits per heavy atom. The van der Waals surface area contributed by atoms with E-state index in [1.54, 1.807) is 6.07 Å². The second-order valence-electron chi connectivity index (χ2n) is 3.60. The third kappa shape index (κ3) is 3.37. The molecule has 0 aromatic carbocycles. The van der Waals surface area contributed by atoms with E-state index in [0.29, 0.717) is 5.76 Å². The first-order valence-electron chi connectivity index (χ1n) is 5.66. The molecule has 0 saturated carbocycles. The van der Waals surface area contributed by atoms with Crippen LogP contribution in [0.2, 0.25) is 0 Å². The highest BCUT2D eigenvalue weighted by Crippen LogP contribution is 2.11. The zero-order valence-electron chi connectivity index (χ0n) is 9.83. The van der Waals surface area contributed by atoms with Crippen molar-refractivity contribution in [2.24, 2.45) is 0 Å². The van der Waals surface area contributed by atoms with Crippen molar-refractivity contribution in [3.8, 4) is 0 Å². The highest BCUT2D eigenvalue weighted by atomic mass is 79.9. The maximum Gasteiger partial charge on any atom is 0.289 e. The van der Waals surface area contributed by atoms with Gasteiger partial charge in [-0.15, -0.1) is 0 Å². The predicted molar refractivity (Wildman–Crippen MR) is 68.1 cm³/mol. The molecular formula is C12H18BrNO2. The van der Waals surface area contributed by atoms with E-state index in [1.807, 2.05) is 17.9 Å². The molecule has 0 unspecified atom stereocenters. The van der Waals surface area contributed by atoms with Crippen LogP contribution in [-0.2, 0) is 6.42 Å². The van der Waals surface area contributed by atoms with Crippen LogP contribution >= 0.6 is 15.9 Å². The maximum absolute atomic E-state index is 12.1. The standard InChI is InChI=1S/C12H18BrNO2/c1-3-8-14(9-7-13)12(15)11-6-5-10(4-2)16-11/h5-6H,3-4,7-9H2,1-2H3. The van der Waals surface area contributed by atoms with Gasteiger partial charge in [-0.3, -0.25) is 4.79 Å². The third-order valence-electron chi connectivity index (χ3n) is 2.36. The average Bonchev–Trinajstić information content (AvgIpc) is 2.76. The predicted octanol–water partition coefficient (Wildman–Crippen LogP) is 3.09. The molecule has 0 bridgehead atoms. The van der Waals surface area contributed by atoms with Gasteiger partial charge in [-0.1, -0.05) is 29.8 Å². The molecule has 0 aliphatic rings. The van der Waals surface area contributed by atoms with Crippen LogP contribution in [0.3, 0.4) is 0 Å². The van der Waals surface area contributed by atoms with Crippen molar-refractivity contribution in [1.29, 1.82) is 0 Å². The van der Waals surface area contributed by atoms with E-state index in [0.717, 1.165) is 37.0 Å². The number of furan rings is 1. The fourth-order valence-electron chi connectivity index (χ4n) is 1.53. The summed E-state index contributed by atoms with van der Waals surface area (Å²) in [4.78, 5) is 13.9. The Balaban J connectivity index is 2.72.